The summed E-state index contributed by atoms with van der Waals surface area (Å²) in [5.41, 5.74) is -6.45. The topological polar surface area (TPSA) is 274 Å². The van der Waals surface area contributed by atoms with Crippen molar-refractivity contribution in [2.24, 2.45) is 5.92 Å². The summed E-state index contributed by atoms with van der Waals surface area (Å²) in [5.74, 6) is -0.0668. The molecule has 4 aliphatic rings. The number of aliphatic hydroxyl groups is 4. The Hall–Kier alpha value is -3.54. The van der Waals surface area contributed by atoms with Crippen molar-refractivity contribution in [1.82, 2.24) is 26.2 Å². The van der Waals surface area contributed by atoms with Crippen molar-refractivity contribution in [2.45, 2.75) is 230 Å². The largest absolute Gasteiger partial charge is 0.466 e. The van der Waals surface area contributed by atoms with Gasteiger partial charge in [-0.3, -0.25) is 4.79 Å². The number of carbonyl (C=O) groups is 4. The summed E-state index contributed by atoms with van der Waals surface area (Å²) in [5, 5.41) is 60.2. The van der Waals surface area contributed by atoms with Crippen molar-refractivity contribution >= 4 is 24.2 Å². The fourth-order valence-electron chi connectivity index (χ4n) is 8.97. The molecular formula is C47H83N5O16. The molecule has 392 valence electrons. The third-order valence-electron chi connectivity index (χ3n) is 11.8. The average molecular weight is 974 g/mol. The number of carbonyl (C=O) groups excluding carboxylic acids is 4. The number of esters is 1. The van der Waals surface area contributed by atoms with E-state index in [1.807, 2.05) is 0 Å². The van der Waals surface area contributed by atoms with Gasteiger partial charge >= 0.3 is 24.2 Å². The van der Waals surface area contributed by atoms with Crippen LogP contribution in [-0.4, -0.2) is 178 Å². The van der Waals surface area contributed by atoms with Crippen LogP contribution >= 0.6 is 0 Å². The Bertz CT molecular complexity index is 1760. The molecule has 0 bridgehead atoms. The lowest BCUT2D eigenvalue weighted by molar-refractivity contribution is -0.312. The van der Waals surface area contributed by atoms with Gasteiger partial charge in [-0.05, 0) is 142 Å². The van der Waals surface area contributed by atoms with Crippen LogP contribution in [0.5, 0.6) is 0 Å². The molecule has 4 rings (SSSR count). The Morgan fingerprint density at radius 3 is 1.82 bits per heavy atom. The molecule has 0 radical (unpaired) electrons. The lowest BCUT2D eigenvalue weighted by Crippen LogP contribution is -2.71. The van der Waals surface area contributed by atoms with Crippen molar-refractivity contribution in [3.8, 4) is 0 Å². The normalized spacial score (nSPS) is 33.9. The van der Waals surface area contributed by atoms with E-state index in [0.29, 0.717) is 12.3 Å². The van der Waals surface area contributed by atoms with E-state index in [1.54, 1.807) is 103 Å². The van der Waals surface area contributed by atoms with Gasteiger partial charge in [0, 0.05) is 25.6 Å². The first-order valence-electron chi connectivity index (χ1n) is 23.7. The van der Waals surface area contributed by atoms with E-state index in [0.717, 1.165) is 4.90 Å². The highest BCUT2D eigenvalue weighted by Crippen LogP contribution is 2.43. The molecular weight excluding hydrogens is 891 g/mol. The minimum atomic E-state index is -1.80. The van der Waals surface area contributed by atoms with Gasteiger partial charge in [-0.2, -0.15) is 0 Å². The van der Waals surface area contributed by atoms with Gasteiger partial charge in [-0.15, -0.1) is 0 Å². The summed E-state index contributed by atoms with van der Waals surface area (Å²) in [7, 11) is 3.10. The second kappa shape index (κ2) is 21.8. The number of ether oxygens (including phenoxy) is 8. The summed E-state index contributed by atoms with van der Waals surface area (Å²) in [6, 6.07) is -4.90. The summed E-state index contributed by atoms with van der Waals surface area (Å²) in [6.07, 6.45) is -8.85. The van der Waals surface area contributed by atoms with Crippen LogP contribution in [0.3, 0.4) is 0 Å². The van der Waals surface area contributed by atoms with Gasteiger partial charge in [0.05, 0.1) is 36.9 Å². The van der Waals surface area contributed by atoms with E-state index in [9.17, 15) is 39.6 Å². The number of nitrogens with one attached hydrogen (secondary N) is 4. The van der Waals surface area contributed by atoms with Crippen LogP contribution in [0.15, 0.2) is 11.8 Å². The molecule has 2 aliphatic carbocycles. The van der Waals surface area contributed by atoms with Gasteiger partial charge in [0.2, 0.25) is 6.29 Å². The monoisotopic (exact) mass is 974 g/mol. The van der Waals surface area contributed by atoms with Crippen LogP contribution in [-0.2, 0) is 42.7 Å². The second-order valence-electron chi connectivity index (χ2n) is 23.1. The van der Waals surface area contributed by atoms with E-state index in [-0.39, 0.29) is 44.0 Å². The maximum Gasteiger partial charge on any atom is 0.410 e. The van der Waals surface area contributed by atoms with Crippen LogP contribution in [0.25, 0.3) is 0 Å². The summed E-state index contributed by atoms with van der Waals surface area (Å²) in [4.78, 5) is 53.8. The number of hydrogen-bond acceptors (Lipinski definition) is 18. The highest BCUT2D eigenvalue weighted by atomic mass is 16.7. The number of hydrogen-bond donors (Lipinski definition) is 8. The molecule has 3 fully saturated rings. The smallest absolute Gasteiger partial charge is 0.410 e. The Morgan fingerprint density at radius 2 is 1.29 bits per heavy atom. The van der Waals surface area contributed by atoms with Crippen molar-refractivity contribution in [1.29, 1.82) is 0 Å². The summed E-state index contributed by atoms with van der Waals surface area (Å²) in [6.45, 7) is 23.7. The fraction of sp³-hybridized carbons (Fsp3) is 0.872. The molecule has 0 spiro atoms. The number of nitrogens with zero attached hydrogens (tertiary/aromatic N) is 1. The standard InChI is InChI=1S/C47H83N5O16/c1-25(47(60)21-26(22-47)19-31(53)65-42(2,3)4)49-29-20-30(51-40(57)67-44(8,9)10)35(63-37-28(18-17-27(62-37)23-48-15)50-39(56)66-43(5,6)7)32(54)34(29)64-38-33(55)36(46(14,59)24-61-38)52(16)41(58)68-45(11,12)13/h17,25-26,28-30,32-38,48-49,54-55,59-60H,18-24H2,1-16H3,(H,50,56)(H,51,57)/t25?,26?,28-,29-,30+,32-,33-,34+,35-,36-,37-,38-,46+,47?/m1/s1. The first kappa shape index (κ1) is 57.0. The van der Waals surface area contributed by atoms with Gasteiger partial charge in [-0.25, -0.2) is 14.4 Å². The first-order chi connectivity index (χ1) is 31.0. The molecule has 12 atom stereocenters. The van der Waals surface area contributed by atoms with E-state index in [4.69, 9.17) is 37.9 Å². The predicted octanol–water partition coefficient (Wildman–Crippen LogP) is 3.08. The van der Waals surface area contributed by atoms with Gasteiger partial charge < -0.3 is 84.5 Å². The quantitative estimate of drug-likeness (QED) is 0.0918. The Balaban J connectivity index is 1.74. The van der Waals surface area contributed by atoms with E-state index in [2.05, 4.69) is 21.3 Å². The van der Waals surface area contributed by atoms with Crippen molar-refractivity contribution in [3.63, 3.8) is 0 Å². The fourth-order valence-corrected chi connectivity index (χ4v) is 8.97. The van der Waals surface area contributed by atoms with Crippen LogP contribution in [0.2, 0.25) is 0 Å². The molecule has 0 aromatic carbocycles. The van der Waals surface area contributed by atoms with Crippen molar-refractivity contribution in [3.05, 3.63) is 11.8 Å². The third-order valence-corrected chi connectivity index (χ3v) is 11.8. The molecule has 21 heteroatoms. The predicted molar refractivity (Wildman–Crippen MR) is 247 cm³/mol. The highest BCUT2D eigenvalue weighted by molar-refractivity contribution is 5.70. The maximum absolute atomic E-state index is 13.6. The van der Waals surface area contributed by atoms with E-state index < -0.39 is 126 Å². The van der Waals surface area contributed by atoms with Crippen LogP contribution in [0, 0.1) is 5.92 Å². The molecule has 21 nitrogen and oxygen atoms in total. The average Bonchev–Trinajstić information content (AvgIpc) is 3.12. The number of rotatable bonds is 14. The van der Waals surface area contributed by atoms with E-state index in [1.165, 1.54) is 14.0 Å². The maximum atomic E-state index is 13.6. The van der Waals surface area contributed by atoms with Gasteiger partial charge in [0.15, 0.2) is 6.29 Å². The van der Waals surface area contributed by atoms with Gasteiger partial charge in [-0.1, -0.05) is 0 Å². The lowest BCUT2D eigenvalue weighted by Gasteiger charge is -2.53. The minimum absolute atomic E-state index is 0.0503. The van der Waals surface area contributed by atoms with E-state index >= 15 is 0 Å². The number of alkyl carbamates (subject to hydrolysis) is 2. The van der Waals surface area contributed by atoms with Crippen molar-refractivity contribution in [2.75, 3.05) is 27.2 Å². The van der Waals surface area contributed by atoms with Crippen LogP contribution in [0.4, 0.5) is 14.4 Å². The van der Waals surface area contributed by atoms with Gasteiger partial charge in [0.1, 0.15) is 58.2 Å². The molecule has 2 saturated carbocycles. The Labute approximate surface area is 402 Å². The number of aliphatic hydroxyl groups excluding tert-OH is 2. The lowest BCUT2D eigenvalue weighted by atomic mass is 9.66. The molecule has 8 N–H and O–H groups in total. The van der Waals surface area contributed by atoms with Crippen LogP contribution in [0.1, 0.15) is 129 Å². The third kappa shape index (κ3) is 16.3. The number of amides is 3. The molecule has 3 amide bonds. The Kier molecular flexibility index (Phi) is 18.3. The highest BCUT2D eigenvalue weighted by Gasteiger charge is 2.56. The van der Waals surface area contributed by atoms with Crippen molar-refractivity contribution < 1.29 is 77.5 Å². The SMILES string of the molecule is CNCC1=CC[C@@H](NC(=O)OC(C)(C)C)[C@@H](O[C@H]2[C@H](O)[C@@H](O[C@H]3OC[C@](C)(O)[C@H](N(C)C(=O)OC(C)(C)C)[C@H]3O)[C@H](NC(C)C3(O)CC(CC(=O)OC(C)(C)C)C3)C[C@@H]2NC(=O)OC(C)(C)C)O1. The zero-order chi connectivity index (χ0) is 51.5. The number of likely N-dealkylation sites (N-methyl/N-ethyl adjacent to an activating group) is 2. The summed E-state index contributed by atoms with van der Waals surface area (Å²) < 4.78 is 47.8. The minimum Gasteiger partial charge on any atom is -0.466 e. The zero-order valence-electron chi connectivity index (χ0n) is 43.1. The molecule has 1 saturated heterocycles. The first-order valence-corrected chi connectivity index (χ1v) is 23.7. The molecule has 2 heterocycles. The molecule has 68 heavy (non-hydrogen) atoms. The summed E-state index contributed by atoms with van der Waals surface area (Å²) >= 11 is 0. The van der Waals surface area contributed by atoms with Crippen LogP contribution < -0.4 is 21.3 Å². The molecule has 2 aliphatic heterocycles. The van der Waals surface area contributed by atoms with Gasteiger partial charge in [0.25, 0.3) is 0 Å². The molecule has 0 aromatic heterocycles. The second-order valence-corrected chi connectivity index (χ2v) is 23.1. The molecule has 0 aromatic rings. The Morgan fingerprint density at radius 1 is 0.779 bits per heavy atom. The zero-order valence-corrected chi connectivity index (χ0v) is 43.1. The molecule has 1 unspecified atom stereocenters.